The largest absolute Gasteiger partial charge is 0.456 e. The molecule has 0 saturated heterocycles. The Labute approximate surface area is 262 Å². The summed E-state index contributed by atoms with van der Waals surface area (Å²) in [6.45, 7) is 4.16. The molecule has 0 aliphatic rings. The number of para-hydroxylation sites is 2. The van der Waals surface area contributed by atoms with Crippen LogP contribution in [-0.4, -0.2) is 9.97 Å². The van der Waals surface area contributed by atoms with Gasteiger partial charge in [-0.15, -0.1) is 0 Å². The van der Waals surface area contributed by atoms with E-state index in [9.17, 15) is 0 Å². The van der Waals surface area contributed by atoms with E-state index in [0.717, 1.165) is 93.6 Å². The molecule has 4 heteroatoms. The topological polar surface area (TPSA) is 52.1 Å². The fraction of sp³-hybridized carbons (Fsp3) is 0. The SMILES string of the molecule is C=Cc1c2oc3c(-c4cccc(-c5cnc6c7ccccc7c7ccccc7c6n5)c4)cccc3c2cc2oc3ccccc3c12. The first-order valence-electron chi connectivity index (χ1n) is 15.4. The molecule has 0 amide bonds. The normalized spacial score (nSPS) is 12.0. The first-order chi connectivity index (χ1) is 22.8. The van der Waals surface area contributed by atoms with Crippen LogP contribution in [0, 0.1) is 0 Å². The highest BCUT2D eigenvalue weighted by Crippen LogP contribution is 2.43. The fourth-order valence-corrected chi connectivity index (χ4v) is 7.20. The summed E-state index contributed by atoms with van der Waals surface area (Å²) in [7, 11) is 0. The van der Waals surface area contributed by atoms with E-state index in [-0.39, 0.29) is 0 Å². The average molecular weight is 589 g/mol. The zero-order chi connectivity index (χ0) is 30.4. The lowest BCUT2D eigenvalue weighted by molar-refractivity contribution is 0.664. The summed E-state index contributed by atoms with van der Waals surface area (Å²) in [6.07, 6.45) is 3.76. The summed E-state index contributed by atoms with van der Waals surface area (Å²) in [5, 5.41) is 8.71. The van der Waals surface area contributed by atoms with E-state index in [1.165, 1.54) is 10.8 Å². The van der Waals surface area contributed by atoms with Gasteiger partial charge in [-0.25, -0.2) is 4.98 Å². The molecule has 0 unspecified atom stereocenters. The molecule has 0 spiro atoms. The maximum Gasteiger partial charge on any atom is 0.143 e. The Bertz CT molecular complexity index is 2860. The number of benzene rings is 7. The Hall–Kier alpha value is -6.26. The lowest BCUT2D eigenvalue weighted by atomic mass is 9.98. The number of hydrogen-bond donors (Lipinski definition) is 0. The van der Waals surface area contributed by atoms with Gasteiger partial charge in [0.2, 0.25) is 0 Å². The van der Waals surface area contributed by atoms with Crippen LogP contribution in [0.25, 0.3) is 105 Å². The monoisotopic (exact) mass is 588 g/mol. The summed E-state index contributed by atoms with van der Waals surface area (Å²) in [5.41, 5.74) is 9.97. The van der Waals surface area contributed by atoms with Gasteiger partial charge in [-0.1, -0.05) is 116 Å². The quantitative estimate of drug-likeness (QED) is 0.193. The van der Waals surface area contributed by atoms with Crippen LogP contribution in [0.5, 0.6) is 0 Å². The maximum absolute atomic E-state index is 6.74. The minimum Gasteiger partial charge on any atom is -0.456 e. The molecule has 214 valence electrons. The van der Waals surface area contributed by atoms with E-state index in [4.69, 9.17) is 18.8 Å². The van der Waals surface area contributed by atoms with Crippen molar-refractivity contribution in [2.24, 2.45) is 0 Å². The van der Waals surface area contributed by atoms with E-state index in [2.05, 4.69) is 110 Å². The van der Waals surface area contributed by atoms with Crippen molar-refractivity contribution in [3.05, 3.63) is 140 Å². The van der Waals surface area contributed by atoms with Crippen LogP contribution in [0.3, 0.4) is 0 Å². The van der Waals surface area contributed by atoms with Gasteiger partial charge >= 0.3 is 0 Å². The molecule has 0 radical (unpaired) electrons. The van der Waals surface area contributed by atoms with Gasteiger partial charge in [0.25, 0.3) is 0 Å². The number of furan rings is 2. The molecule has 3 heterocycles. The number of rotatable bonds is 3. The minimum absolute atomic E-state index is 0.812. The zero-order valence-corrected chi connectivity index (χ0v) is 24.6. The average Bonchev–Trinajstić information content (AvgIpc) is 3.69. The Morgan fingerprint density at radius 3 is 2.00 bits per heavy atom. The second-order valence-electron chi connectivity index (χ2n) is 11.8. The first-order valence-corrected chi connectivity index (χ1v) is 15.4. The van der Waals surface area contributed by atoms with Crippen LogP contribution in [0.2, 0.25) is 0 Å². The summed E-state index contributed by atoms with van der Waals surface area (Å²) in [5.74, 6) is 0. The van der Waals surface area contributed by atoms with Crippen LogP contribution in [0.4, 0.5) is 0 Å². The van der Waals surface area contributed by atoms with Gasteiger partial charge in [0.05, 0.1) is 22.9 Å². The minimum atomic E-state index is 0.812. The highest BCUT2D eigenvalue weighted by Gasteiger charge is 2.20. The van der Waals surface area contributed by atoms with Gasteiger partial charge in [0.15, 0.2) is 0 Å². The molecule has 0 aliphatic heterocycles. The molecule has 0 fully saturated rings. The van der Waals surface area contributed by atoms with E-state index in [1.807, 2.05) is 30.5 Å². The van der Waals surface area contributed by atoms with Crippen molar-refractivity contribution in [2.75, 3.05) is 0 Å². The molecule has 0 bridgehead atoms. The summed E-state index contributed by atoms with van der Waals surface area (Å²) in [6, 6.07) is 41.9. The summed E-state index contributed by atoms with van der Waals surface area (Å²) in [4.78, 5) is 10.2. The molecule has 10 aromatic rings. The number of aromatic nitrogens is 2. The van der Waals surface area contributed by atoms with Crippen molar-refractivity contribution >= 4 is 82.5 Å². The maximum atomic E-state index is 6.74. The zero-order valence-electron chi connectivity index (χ0n) is 24.6. The lowest BCUT2D eigenvalue weighted by Gasteiger charge is -2.11. The Morgan fingerprint density at radius 2 is 1.20 bits per heavy atom. The predicted molar refractivity (Wildman–Crippen MR) is 190 cm³/mol. The van der Waals surface area contributed by atoms with Gasteiger partial charge in [-0.05, 0) is 34.5 Å². The third-order valence-electron chi connectivity index (χ3n) is 9.27. The Balaban J connectivity index is 1.17. The summed E-state index contributed by atoms with van der Waals surface area (Å²) < 4.78 is 13.0. The molecular formula is C42H24N2O2. The van der Waals surface area contributed by atoms with Crippen molar-refractivity contribution in [3.8, 4) is 22.4 Å². The summed E-state index contributed by atoms with van der Waals surface area (Å²) >= 11 is 0. The highest BCUT2D eigenvalue weighted by molar-refractivity contribution is 6.23. The fourth-order valence-electron chi connectivity index (χ4n) is 7.20. The van der Waals surface area contributed by atoms with Crippen molar-refractivity contribution < 1.29 is 8.83 Å². The molecule has 4 nitrogen and oxygen atoms in total. The van der Waals surface area contributed by atoms with E-state index < -0.39 is 0 Å². The molecule has 3 aromatic heterocycles. The highest BCUT2D eigenvalue weighted by atomic mass is 16.3. The van der Waals surface area contributed by atoms with Gasteiger partial charge in [0.1, 0.15) is 22.3 Å². The molecule has 0 N–H and O–H groups in total. The molecule has 0 atom stereocenters. The van der Waals surface area contributed by atoms with Crippen molar-refractivity contribution in [3.63, 3.8) is 0 Å². The van der Waals surface area contributed by atoms with E-state index >= 15 is 0 Å². The van der Waals surface area contributed by atoms with Gasteiger partial charge in [-0.3, -0.25) is 4.98 Å². The third kappa shape index (κ3) is 3.44. The lowest BCUT2D eigenvalue weighted by Crippen LogP contribution is -1.92. The number of hydrogen-bond acceptors (Lipinski definition) is 4. The van der Waals surface area contributed by atoms with Crippen LogP contribution in [0.15, 0.2) is 143 Å². The van der Waals surface area contributed by atoms with Gasteiger partial charge < -0.3 is 8.83 Å². The van der Waals surface area contributed by atoms with Crippen LogP contribution < -0.4 is 0 Å². The first kappa shape index (κ1) is 25.1. The Morgan fingerprint density at radius 1 is 0.522 bits per heavy atom. The number of fused-ring (bicyclic) bond motifs is 12. The smallest absolute Gasteiger partial charge is 0.143 e. The second-order valence-corrected chi connectivity index (χ2v) is 11.8. The molecule has 10 rings (SSSR count). The molecule has 46 heavy (non-hydrogen) atoms. The predicted octanol–water partition coefficient (Wildman–Crippen LogP) is 11.7. The Kier molecular flexibility index (Phi) is 5.11. The van der Waals surface area contributed by atoms with Crippen molar-refractivity contribution in [2.45, 2.75) is 0 Å². The van der Waals surface area contributed by atoms with Crippen molar-refractivity contribution in [1.29, 1.82) is 0 Å². The van der Waals surface area contributed by atoms with Crippen LogP contribution in [0.1, 0.15) is 5.56 Å². The van der Waals surface area contributed by atoms with Crippen LogP contribution in [-0.2, 0) is 0 Å². The number of nitrogens with zero attached hydrogens (tertiary/aromatic N) is 2. The molecule has 0 saturated carbocycles. The molecular weight excluding hydrogens is 564 g/mol. The second kappa shape index (κ2) is 9.37. The third-order valence-corrected chi connectivity index (χ3v) is 9.27. The van der Waals surface area contributed by atoms with Crippen LogP contribution >= 0.6 is 0 Å². The van der Waals surface area contributed by atoms with Gasteiger partial charge in [0, 0.05) is 49.0 Å². The molecule has 7 aromatic carbocycles. The van der Waals surface area contributed by atoms with Gasteiger partial charge in [-0.2, -0.15) is 0 Å². The van der Waals surface area contributed by atoms with E-state index in [1.54, 1.807) is 0 Å². The van der Waals surface area contributed by atoms with E-state index in [0.29, 0.717) is 0 Å². The van der Waals surface area contributed by atoms with Crippen molar-refractivity contribution in [1.82, 2.24) is 9.97 Å². The molecule has 0 aliphatic carbocycles. The standard InChI is InChI=1S/C42H24N2O2/c1-2-26-38-33-17-7-8-20-36(33)45-37(38)22-34-32-19-10-18-27(42(32)46-41(26)34)24-11-9-12-25(21-24)35-23-43-39-30-15-5-3-13-28(30)29-14-4-6-16-31(29)40(39)44-35/h2-23H,1H2.